The van der Waals surface area contributed by atoms with E-state index in [2.05, 4.69) is 28.8 Å². The highest BCUT2D eigenvalue weighted by molar-refractivity contribution is 8.00. The first kappa shape index (κ1) is 17.2. The summed E-state index contributed by atoms with van der Waals surface area (Å²) >= 11 is 1.50. The maximum absolute atomic E-state index is 12.7. The molecule has 1 aliphatic carbocycles. The van der Waals surface area contributed by atoms with Crippen LogP contribution in [0.3, 0.4) is 0 Å². The average Bonchev–Trinajstić information content (AvgIpc) is 2.66. The van der Waals surface area contributed by atoms with Crippen molar-refractivity contribution in [3.8, 4) is 0 Å². The van der Waals surface area contributed by atoms with E-state index in [-0.39, 0.29) is 17.9 Å². The number of benzene rings is 2. The van der Waals surface area contributed by atoms with Crippen LogP contribution in [0.2, 0.25) is 0 Å². The van der Waals surface area contributed by atoms with Crippen LogP contribution in [0.5, 0.6) is 0 Å². The summed E-state index contributed by atoms with van der Waals surface area (Å²) in [5, 5.41) is 5.91. The molecule has 0 aromatic heterocycles. The van der Waals surface area contributed by atoms with Crippen LogP contribution in [0.1, 0.15) is 52.9 Å². The van der Waals surface area contributed by atoms with Gasteiger partial charge >= 0.3 is 0 Å². The predicted molar refractivity (Wildman–Crippen MR) is 105 cm³/mol. The van der Waals surface area contributed by atoms with Gasteiger partial charge in [0.05, 0.1) is 17.5 Å². The second-order valence-corrected chi connectivity index (χ2v) is 8.00. The highest BCUT2D eigenvalue weighted by Crippen LogP contribution is 2.32. The Hall–Kier alpha value is -2.27. The van der Waals surface area contributed by atoms with E-state index in [0.717, 1.165) is 29.0 Å². The van der Waals surface area contributed by atoms with E-state index >= 15 is 0 Å². The van der Waals surface area contributed by atoms with E-state index in [1.807, 2.05) is 19.1 Å². The van der Waals surface area contributed by atoms with Gasteiger partial charge in [-0.2, -0.15) is 0 Å². The summed E-state index contributed by atoms with van der Waals surface area (Å²) in [6.45, 7) is 2.01. The van der Waals surface area contributed by atoms with Crippen LogP contribution in [-0.2, 0) is 17.6 Å². The normalized spacial score (nSPS) is 16.9. The smallest absolute Gasteiger partial charge is 0.251 e. The van der Waals surface area contributed by atoms with Crippen LogP contribution in [0, 0.1) is 0 Å². The molecule has 2 aliphatic rings. The van der Waals surface area contributed by atoms with E-state index in [1.54, 1.807) is 6.07 Å². The number of anilines is 1. The number of rotatable bonds is 3. The monoisotopic (exact) mass is 366 g/mol. The number of amides is 2. The summed E-state index contributed by atoms with van der Waals surface area (Å²) in [4.78, 5) is 25.2. The van der Waals surface area contributed by atoms with Gasteiger partial charge in [0, 0.05) is 10.5 Å². The van der Waals surface area contributed by atoms with E-state index < -0.39 is 0 Å². The Bertz CT molecular complexity index is 878. The molecule has 1 aliphatic heterocycles. The summed E-state index contributed by atoms with van der Waals surface area (Å²) in [6.07, 6.45) is 4.81. The molecule has 0 saturated heterocycles. The van der Waals surface area contributed by atoms with Gasteiger partial charge < -0.3 is 10.6 Å². The lowest BCUT2D eigenvalue weighted by atomic mass is 9.89. The molecule has 0 spiro atoms. The first-order valence-corrected chi connectivity index (χ1v) is 10.1. The zero-order valence-corrected chi connectivity index (χ0v) is 15.6. The van der Waals surface area contributed by atoms with Crippen LogP contribution in [0.4, 0.5) is 5.69 Å². The number of hydrogen-bond acceptors (Lipinski definition) is 3. The van der Waals surface area contributed by atoms with Crippen molar-refractivity contribution in [3.05, 3.63) is 58.7 Å². The Kier molecular flexibility index (Phi) is 4.72. The highest BCUT2D eigenvalue weighted by Gasteiger charge is 2.19. The number of aryl methyl sites for hydroxylation is 2. The van der Waals surface area contributed by atoms with E-state index in [0.29, 0.717) is 11.3 Å². The van der Waals surface area contributed by atoms with Gasteiger partial charge in [0.2, 0.25) is 5.91 Å². The van der Waals surface area contributed by atoms with Crippen molar-refractivity contribution in [2.24, 2.45) is 0 Å². The number of thioether (sulfide) groups is 1. The van der Waals surface area contributed by atoms with Crippen LogP contribution in [0.15, 0.2) is 41.3 Å². The summed E-state index contributed by atoms with van der Waals surface area (Å²) in [7, 11) is 0. The van der Waals surface area contributed by atoms with Gasteiger partial charge in [-0.05, 0) is 67.5 Å². The summed E-state index contributed by atoms with van der Waals surface area (Å²) in [6, 6.07) is 12.0. The first-order valence-electron chi connectivity index (χ1n) is 9.09. The fraction of sp³-hybridized carbons (Fsp3) is 0.333. The predicted octanol–water partition coefficient (Wildman–Crippen LogP) is 4.10. The van der Waals surface area contributed by atoms with Crippen molar-refractivity contribution in [1.82, 2.24) is 5.32 Å². The van der Waals surface area contributed by atoms with Gasteiger partial charge in [-0.1, -0.05) is 18.2 Å². The summed E-state index contributed by atoms with van der Waals surface area (Å²) < 4.78 is 0. The molecule has 2 N–H and O–H groups in total. The quantitative estimate of drug-likeness (QED) is 0.860. The lowest BCUT2D eigenvalue weighted by molar-refractivity contribution is -0.113. The molecule has 5 heteroatoms. The molecule has 1 atom stereocenters. The average molecular weight is 366 g/mol. The zero-order valence-electron chi connectivity index (χ0n) is 14.8. The molecule has 2 aromatic carbocycles. The van der Waals surface area contributed by atoms with Crippen molar-refractivity contribution in [3.63, 3.8) is 0 Å². The first-order chi connectivity index (χ1) is 12.6. The Morgan fingerprint density at radius 2 is 1.92 bits per heavy atom. The van der Waals surface area contributed by atoms with Crippen LogP contribution in [-0.4, -0.2) is 17.6 Å². The van der Waals surface area contributed by atoms with Gasteiger partial charge in [0.25, 0.3) is 5.91 Å². The molecule has 2 aromatic rings. The van der Waals surface area contributed by atoms with E-state index in [9.17, 15) is 9.59 Å². The molecule has 26 heavy (non-hydrogen) atoms. The molecule has 0 saturated carbocycles. The van der Waals surface area contributed by atoms with Crippen LogP contribution >= 0.6 is 11.8 Å². The molecule has 0 radical (unpaired) electrons. The maximum atomic E-state index is 12.7. The number of nitrogens with one attached hydrogen (secondary N) is 2. The standard InChI is InChI=1S/C21H22N2O2S/c1-13(15-7-6-14-4-2-3-5-16(14)10-15)22-21(25)17-8-9-19-18(11-17)23-20(24)12-26-19/h6-11,13H,2-5,12H2,1H3,(H,22,25)(H,23,24). The minimum atomic E-state index is -0.122. The number of hydrogen-bond donors (Lipinski definition) is 2. The van der Waals surface area contributed by atoms with Crippen molar-refractivity contribution >= 4 is 29.3 Å². The largest absolute Gasteiger partial charge is 0.346 e. The molecule has 4 rings (SSSR count). The van der Waals surface area contributed by atoms with Crippen LogP contribution < -0.4 is 10.6 Å². The van der Waals surface area contributed by atoms with Gasteiger partial charge in [0.1, 0.15) is 0 Å². The minimum absolute atomic E-state index is 0.0255. The van der Waals surface area contributed by atoms with Crippen molar-refractivity contribution in [2.75, 3.05) is 11.1 Å². The topological polar surface area (TPSA) is 58.2 Å². The molecule has 0 bridgehead atoms. The zero-order chi connectivity index (χ0) is 18.1. The Balaban J connectivity index is 1.49. The molecule has 1 unspecified atom stereocenters. The Labute approximate surface area is 157 Å². The van der Waals surface area contributed by atoms with Gasteiger partial charge in [-0.3, -0.25) is 9.59 Å². The second kappa shape index (κ2) is 7.16. The Morgan fingerprint density at radius 3 is 2.77 bits per heavy atom. The van der Waals surface area contributed by atoms with Gasteiger partial charge in [-0.15, -0.1) is 11.8 Å². The molecule has 4 nitrogen and oxygen atoms in total. The molecule has 1 heterocycles. The second-order valence-electron chi connectivity index (χ2n) is 6.98. The maximum Gasteiger partial charge on any atom is 0.251 e. The fourth-order valence-electron chi connectivity index (χ4n) is 3.61. The molecule has 134 valence electrons. The molecular weight excluding hydrogens is 344 g/mol. The van der Waals surface area contributed by atoms with Gasteiger partial charge in [-0.25, -0.2) is 0 Å². The third-order valence-corrected chi connectivity index (χ3v) is 6.17. The molecule has 2 amide bonds. The molecule has 0 fully saturated rings. The van der Waals surface area contributed by atoms with Crippen molar-refractivity contribution in [1.29, 1.82) is 0 Å². The van der Waals surface area contributed by atoms with E-state index in [1.165, 1.54) is 35.7 Å². The third kappa shape index (κ3) is 3.49. The minimum Gasteiger partial charge on any atom is -0.346 e. The fourth-order valence-corrected chi connectivity index (χ4v) is 4.40. The number of fused-ring (bicyclic) bond motifs is 2. The highest BCUT2D eigenvalue weighted by atomic mass is 32.2. The van der Waals surface area contributed by atoms with Gasteiger partial charge in [0.15, 0.2) is 0 Å². The van der Waals surface area contributed by atoms with E-state index in [4.69, 9.17) is 0 Å². The lowest BCUT2D eigenvalue weighted by Crippen LogP contribution is -2.27. The number of carbonyl (C=O) groups excluding carboxylic acids is 2. The van der Waals surface area contributed by atoms with Crippen molar-refractivity contribution < 1.29 is 9.59 Å². The Morgan fingerprint density at radius 1 is 1.12 bits per heavy atom. The van der Waals surface area contributed by atoms with Crippen molar-refractivity contribution in [2.45, 2.75) is 43.5 Å². The summed E-state index contributed by atoms with van der Waals surface area (Å²) in [5.74, 6) is 0.277. The lowest BCUT2D eigenvalue weighted by Gasteiger charge is -2.21. The van der Waals surface area contributed by atoms with Crippen LogP contribution in [0.25, 0.3) is 0 Å². The summed E-state index contributed by atoms with van der Waals surface area (Å²) in [5.41, 5.74) is 5.29. The third-order valence-electron chi connectivity index (χ3n) is 5.09. The SMILES string of the molecule is CC(NC(=O)c1ccc2c(c1)NC(=O)CS2)c1ccc2c(c1)CCCC2. The molecular formula is C21H22N2O2S. The number of carbonyl (C=O) groups is 2.